The molecule has 8 heteroatoms. The van der Waals surface area contributed by atoms with Crippen LogP contribution in [0.3, 0.4) is 0 Å². The van der Waals surface area contributed by atoms with E-state index in [0.717, 1.165) is 0 Å². The van der Waals surface area contributed by atoms with E-state index in [-0.39, 0.29) is 6.42 Å². The Hall–Kier alpha value is -2.25. The third kappa shape index (κ3) is 3.45. The van der Waals surface area contributed by atoms with Crippen LogP contribution in [-0.2, 0) is 4.79 Å². The molecular formula is C13H13F3N2O3. The quantitative estimate of drug-likeness (QED) is 0.843. The minimum Gasteiger partial charge on any atom is -0.481 e. The first-order valence-corrected chi connectivity index (χ1v) is 6.32. The average molecular weight is 302 g/mol. The maximum absolute atomic E-state index is 13.5. The molecule has 2 rings (SSSR count). The van der Waals surface area contributed by atoms with Crippen LogP contribution >= 0.6 is 0 Å². The fraction of sp³-hybridized carbons (Fsp3) is 0.385. The number of amides is 2. The monoisotopic (exact) mass is 302 g/mol. The van der Waals surface area contributed by atoms with Gasteiger partial charge < -0.3 is 15.3 Å². The summed E-state index contributed by atoms with van der Waals surface area (Å²) in [6, 6.07) is -0.251. The number of likely N-dealkylation sites (tertiary alicyclic amines) is 1. The molecule has 0 radical (unpaired) electrons. The van der Waals surface area contributed by atoms with Crippen LogP contribution in [0, 0.1) is 17.5 Å². The van der Waals surface area contributed by atoms with E-state index in [0.29, 0.717) is 31.5 Å². The first kappa shape index (κ1) is 15.1. The molecule has 0 aromatic heterocycles. The van der Waals surface area contributed by atoms with Gasteiger partial charge in [-0.2, -0.15) is 0 Å². The second kappa shape index (κ2) is 6.02. The van der Waals surface area contributed by atoms with Crippen molar-refractivity contribution in [3.05, 3.63) is 29.6 Å². The molecule has 5 nitrogen and oxygen atoms in total. The summed E-state index contributed by atoms with van der Waals surface area (Å²) in [5.41, 5.74) is -0.613. The van der Waals surface area contributed by atoms with Crippen LogP contribution in [-0.4, -0.2) is 34.6 Å². The van der Waals surface area contributed by atoms with Crippen molar-refractivity contribution >= 4 is 17.7 Å². The number of carboxylic acid groups (broad SMARTS) is 1. The van der Waals surface area contributed by atoms with Crippen LogP contribution in [0.1, 0.15) is 19.3 Å². The van der Waals surface area contributed by atoms with Crippen LogP contribution in [0.5, 0.6) is 0 Å². The fourth-order valence-corrected chi connectivity index (χ4v) is 2.35. The number of hydrogen-bond donors (Lipinski definition) is 2. The van der Waals surface area contributed by atoms with Crippen molar-refractivity contribution in [1.29, 1.82) is 0 Å². The van der Waals surface area contributed by atoms with Crippen LogP contribution in [0.15, 0.2) is 12.1 Å². The fourth-order valence-electron chi connectivity index (χ4n) is 2.35. The Kier molecular flexibility index (Phi) is 4.35. The van der Waals surface area contributed by atoms with E-state index in [4.69, 9.17) is 5.11 Å². The van der Waals surface area contributed by atoms with Crippen molar-refractivity contribution in [3.8, 4) is 0 Å². The number of urea groups is 1. The zero-order valence-corrected chi connectivity index (χ0v) is 10.9. The highest BCUT2D eigenvalue weighted by Crippen LogP contribution is 2.23. The van der Waals surface area contributed by atoms with Gasteiger partial charge in [-0.3, -0.25) is 4.79 Å². The van der Waals surface area contributed by atoms with E-state index in [9.17, 15) is 22.8 Å². The molecule has 0 spiro atoms. The van der Waals surface area contributed by atoms with Gasteiger partial charge in [-0.05, 0) is 12.8 Å². The molecule has 0 bridgehead atoms. The molecule has 0 saturated carbocycles. The Morgan fingerprint density at radius 3 is 2.71 bits per heavy atom. The van der Waals surface area contributed by atoms with Gasteiger partial charge in [0.25, 0.3) is 0 Å². The van der Waals surface area contributed by atoms with Crippen molar-refractivity contribution in [3.63, 3.8) is 0 Å². The Morgan fingerprint density at radius 2 is 2.05 bits per heavy atom. The van der Waals surface area contributed by atoms with E-state index < -0.39 is 41.2 Å². The zero-order valence-electron chi connectivity index (χ0n) is 10.9. The van der Waals surface area contributed by atoms with Gasteiger partial charge in [-0.1, -0.05) is 0 Å². The number of halogens is 3. The summed E-state index contributed by atoms with van der Waals surface area (Å²) in [4.78, 5) is 23.9. The van der Waals surface area contributed by atoms with Gasteiger partial charge in [-0.25, -0.2) is 18.0 Å². The number of nitrogens with one attached hydrogen (secondary N) is 1. The van der Waals surface area contributed by atoms with Crippen molar-refractivity contribution in [1.82, 2.24) is 4.90 Å². The lowest BCUT2D eigenvalue weighted by Gasteiger charge is -2.23. The summed E-state index contributed by atoms with van der Waals surface area (Å²) >= 11 is 0. The van der Waals surface area contributed by atoms with Crippen molar-refractivity contribution in [2.24, 2.45) is 0 Å². The van der Waals surface area contributed by atoms with Crippen molar-refractivity contribution < 1.29 is 27.9 Å². The first-order chi connectivity index (χ1) is 9.88. The topological polar surface area (TPSA) is 69.6 Å². The van der Waals surface area contributed by atoms with Crippen LogP contribution < -0.4 is 5.32 Å². The SMILES string of the molecule is O=C(O)CC1CCCN1C(=O)Nc1cc(F)cc(F)c1F. The van der Waals surface area contributed by atoms with Gasteiger partial charge >= 0.3 is 12.0 Å². The number of rotatable bonds is 3. The molecule has 2 amide bonds. The number of benzene rings is 1. The molecule has 1 aromatic carbocycles. The number of aliphatic carboxylic acids is 1. The average Bonchev–Trinajstić information content (AvgIpc) is 2.82. The predicted molar refractivity (Wildman–Crippen MR) is 67.3 cm³/mol. The molecule has 1 aliphatic rings. The van der Waals surface area contributed by atoms with Gasteiger partial charge in [0.1, 0.15) is 5.82 Å². The van der Waals surface area contributed by atoms with Crippen LogP contribution in [0.2, 0.25) is 0 Å². The summed E-state index contributed by atoms with van der Waals surface area (Å²) in [6.45, 7) is 0.309. The number of carbonyl (C=O) groups excluding carboxylic acids is 1. The Balaban J connectivity index is 2.12. The Bertz CT molecular complexity index is 580. The summed E-state index contributed by atoms with van der Waals surface area (Å²) in [6.07, 6.45) is 0.901. The second-order valence-corrected chi connectivity index (χ2v) is 4.77. The molecule has 1 aliphatic heterocycles. The van der Waals surface area contributed by atoms with Crippen LogP contribution in [0.25, 0.3) is 0 Å². The van der Waals surface area contributed by atoms with Crippen molar-refractivity contribution in [2.45, 2.75) is 25.3 Å². The molecule has 21 heavy (non-hydrogen) atoms. The number of nitrogens with zero attached hydrogens (tertiary/aromatic N) is 1. The Labute approximate surface area is 118 Å². The molecule has 2 N–H and O–H groups in total. The van der Waals surface area contributed by atoms with E-state index in [1.807, 2.05) is 0 Å². The highest BCUT2D eigenvalue weighted by Gasteiger charge is 2.31. The van der Waals surface area contributed by atoms with Gasteiger partial charge in [0.05, 0.1) is 12.1 Å². The molecule has 1 saturated heterocycles. The molecule has 1 fully saturated rings. The lowest BCUT2D eigenvalue weighted by molar-refractivity contribution is -0.137. The first-order valence-electron chi connectivity index (χ1n) is 6.32. The normalized spacial score (nSPS) is 17.9. The summed E-state index contributed by atoms with van der Waals surface area (Å²) in [5, 5.41) is 10.8. The Morgan fingerprint density at radius 1 is 1.33 bits per heavy atom. The summed E-state index contributed by atoms with van der Waals surface area (Å²) < 4.78 is 39.6. The maximum Gasteiger partial charge on any atom is 0.322 e. The largest absolute Gasteiger partial charge is 0.481 e. The number of hydrogen-bond acceptors (Lipinski definition) is 2. The lowest BCUT2D eigenvalue weighted by Crippen LogP contribution is -2.40. The lowest BCUT2D eigenvalue weighted by atomic mass is 10.1. The molecule has 1 heterocycles. The van der Waals surface area contributed by atoms with Crippen molar-refractivity contribution in [2.75, 3.05) is 11.9 Å². The number of carbonyl (C=O) groups is 2. The van der Waals surface area contributed by atoms with Gasteiger partial charge in [-0.15, -0.1) is 0 Å². The number of carboxylic acids is 1. The van der Waals surface area contributed by atoms with E-state index in [2.05, 4.69) is 5.32 Å². The third-order valence-corrected chi connectivity index (χ3v) is 3.28. The van der Waals surface area contributed by atoms with E-state index in [1.54, 1.807) is 0 Å². The van der Waals surface area contributed by atoms with Gasteiger partial charge in [0, 0.05) is 24.7 Å². The van der Waals surface area contributed by atoms with E-state index in [1.165, 1.54) is 4.90 Å². The maximum atomic E-state index is 13.5. The standard InChI is InChI=1S/C13H13F3N2O3/c14-7-4-9(15)12(16)10(5-7)17-13(21)18-3-1-2-8(18)6-11(19)20/h4-5,8H,1-3,6H2,(H,17,21)(H,19,20). The van der Waals surface area contributed by atoms with Gasteiger partial charge in [0.15, 0.2) is 11.6 Å². The molecular weight excluding hydrogens is 289 g/mol. The minimum absolute atomic E-state index is 0.229. The minimum atomic E-state index is -1.41. The zero-order chi connectivity index (χ0) is 15.6. The molecule has 1 aromatic rings. The third-order valence-electron chi connectivity index (χ3n) is 3.28. The molecule has 0 aliphatic carbocycles. The van der Waals surface area contributed by atoms with Gasteiger partial charge in [0.2, 0.25) is 0 Å². The predicted octanol–water partition coefficient (Wildman–Crippen LogP) is 2.57. The number of anilines is 1. The molecule has 1 unspecified atom stereocenters. The summed E-state index contributed by atoms with van der Waals surface area (Å²) in [7, 11) is 0. The highest BCUT2D eigenvalue weighted by molar-refractivity contribution is 5.90. The highest BCUT2D eigenvalue weighted by atomic mass is 19.2. The molecule has 114 valence electrons. The second-order valence-electron chi connectivity index (χ2n) is 4.77. The smallest absolute Gasteiger partial charge is 0.322 e. The van der Waals surface area contributed by atoms with Crippen LogP contribution in [0.4, 0.5) is 23.7 Å². The van der Waals surface area contributed by atoms with E-state index >= 15 is 0 Å². The molecule has 1 atom stereocenters. The summed E-state index contributed by atoms with van der Waals surface area (Å²) in [5.74, 6) is -4.84.